The number of rotatable bonds is 1. The molecule has 1 aromatic rings. The molecule has 0 spiro atoms. The topological polar surface area (TPSA) is 64.0 Å². The molecule has 2 heterocycles. The van der Waals surface area contributed by atoms with E-state index >= 15 is 0 Å². The van der Waals surface area contributed by atoms with Gasteiger partial charge in [-0.25, -0.2) is 8.89 Å². The highest BCUT2D eigenvalue weighted by molar-refractivity contribution is 7.93. The lowest BCUT2D eigenvalue weighted by molar-refractivity contribution is -0.114. The molecule has 62 valence electrons. The third-order valence-electron chi connectivity index (χ3n) is 1.37. The van der Waals surface area contributed by atoms with Crippen LogP contribution in [0.5, 0.6) is 0 Å². The molecular weight excluding hydrogens is 178 g/mol. The maximum absolute atomic E-state index is 11.1. The molecule has 1 atom stereocenters. The van der Waals surface area contributed by atoms with Gasteiger partial charge in [-0.15, -0.1) is 0 Å². The Balaban J connectivity index is 2.43. The molecule has 2 rings (SSSR count). The summed E-state index contributed by atoms with van der Waals surface area (Å²) in [6.07, 6.45) is 4.45. The first-order chi connectivity index (χ1) is 5.77. The lowest BCUT2D eigenvalue weighted by Gasteiger charge is -1.97. The van der Waals surface area contributed by atoms with Gasteiger partial charge < -0.3 is 0 Å². The van der Waals surface area contributed by atoms with E-state index in [9.17, 15) is 9.00 Å². The van der Waals surface area contributed by atoms with E-state index in [0.717, 1.165) is 0 Å². The summed E-state index contributed by atoms with van der Waals surface area (Å²) in [7, 11) is -1.46. The van der Waals surface area contributed by atoms with Crippen molar-refractivity contribution < 1.29 is 9.00 Å². The van der Waals surface area contributed by atoms with Gasteiger partial charge in [0, 0.05) is 18.5 Å². The highest BCUT2D eigenvalue weighted by atomic mass is 32.2. The van der Waals surface area contributed by atoms with Crippen molar-refractivity contribution in [1.82, 2.24) is 14.5 Å². The van der Waals surface area contributed by atoms with E-state index in [1.165, 1.54) is 10.8 Å². The van der Waals surface area contributed by atoms with Gasteiger partial charge in [0.2, 0.25) is 0 Å². The van der Waals surface area contributed by atoms with E-state index in [4.69, 9.17) is 0 Å². The molecule has 5 nitrogen and oxygen atoms in total. The van der Waals surface area contributed by atoms with Gasteiger partial charge in [0.05, 0.1) is 0 Å². The monoisotopic (exact) mass is 183 g/mol. The molecule has 1 aliphatic rings. The number of nitrogens with zero attached hydrogens (tertiary/aromatic N) is 2. The fourth-order valence-corrected chi connectivity index (χ4v) is 1.73. The van der Waals surface area contributed by atoms with E-state index in [2.05, 4.69) is 9.82 Å². The van der Waals surface area contributed by atoms with Crippen LogP contribution in [0.2, 0.25) is 0 Å². The van der Waals surface area contributed by atoms with Crippen molar-refractivity contribution in [2.45, 2.75) is 0 Å². The minimum atomic E-state index is -1.46. The molecule has 1 aliphatic heterocycles. The van der Waals surface area contributed by atoms with Gasteiger partial charge >= 0.3 is 0 Å². The van der Waals surface area contributed by atoms with E-state index < -0.39 is 11.0 Å². The summed E-state index contributed by atoms with van der Waals surface area (Å²) < 4.78 is 14.8. The summed E-state index contributed by atoms with van der Waals surface area (Å²) in [5.74, 6) is -0.348. The van der Waals surface area contributed by atoms with Gasteiger partial charge in [-0.2, -0.15) is 5.10 Å². The normalized spacial score (nSPS) is 22.2. The van der Waals surface area contributed by atoms with Crippen LogP contribution in [0.1, 0.15) is 0 Å². The van der Waals surface area contributed by atoms with Gasteiger partial charge in [-0.3, -0.25) is 9.52 Å². The number of aromatic nitrogens is 2. The number of nitrogens with one attached hydrogen (secondary N) is 1. The van der Waals surface area contributed by atoms with Crippen LogP contribution in [0.4, 0.5) is 0 Å². The quantitative estimate of drug-likeness (QED) is 0.637. The van der Waals surface area contributed by atoms with Gasteiger partial charge in [0.25, 0.3) is 5.91 Å². The van der Waals surface area contributed by atoms with Gasteiger partial charge in [0.15, 0.2) is 16.0 Å². The Morgan fingerprint density at radius 2 is 2.42 bits per heavy atom. The smallest absolute Gasteiger partial charge is 0.258 e. The second kappa shape index (κ2) is 2.56. The first-order valence-electron chi connectivity index (χ1n) is 3.21. The molecule has 1 unspecified atom stereocenters. The number of carbonyl (C=O) groups excluding carboxylic acids is 1. The largest absolute Gasteiger partial charge is 0.269 e. The summed E-state index contributed by atoms with van der Waals surface area (Å²) >= 11 is 0. The average Bonchev–Trinajstić information content (AvgIpc) is 2.58. The van der Waals surface area contributed by atoms with Crippen LogP contribution in [0.3, 0.4) is 0 Å². The Hall–Kier alpha value is -1.43. The number of hydrogen-bond donors (Lipinski definition) is 1. The zero-order chi connectivity index (χ0) is 8.55. The maximum atomic E-state index is 11.1. The second-order valence-electron chi connectivity index (χ2n) is 2.17. The molecule has 0 aromatic carbocycles. The minimum Gasteiger partial charge on any atom is -0.269 e. The highest BCUT2D eigenvalue weighted by Crippen LogP contribution is 2.11. The van der Waals surface area contributed by atoms with E-state index in [1.54, 1.807) is 18.5 Å². The summed E-state index contributed by atoms with van der Waals surface area (Å²) in [6, 6.07) is 1.70. The highest BCUT2D eigenvalue weighted by Gasteiger charge is 2.20. The van der Waals surface area contributed by atoms with E-state index in [-0.39, 0.29) is 5.91 Å². The van der Waals surface area contributed by atoms with Crippen molar-refractivity contribution in [3.63, 3.8) is 0 Å². The number of hydrogen-bond acceptors (Lipinski definition) is 3. The second-order valence-corrected chi connectivity index (χ2v) is 3.33. The van der Waals surface area contributed by atoms with Crippen LogP contribution in [0.25, 0.3) is 5.03 Å². The Morgan fingerprint density at radius 3 is 2.92 bits per heavy atom. The van der Waals surface area contributed by atoms with Crippen LogP contribution in [-0.2, 0) is 15.8 Å². The minimum absolute atomic E-state index is 0.348. The fraction of sp³-hybridized carbons (Fsp3) is 0. The van der Waals surface area contributed by atoms with Crippen molar-refractivity contribution in [2.24, 2.45) is 0 Å². The average molecular weight is 183 g/mol. The standard InChI is InChI=1S/C6H5N3O2S/c10-5-4-6(12(11)8-5)9-3-1-2-7-9/h1-4H,(H,8,10). The fourth-order valence-electron chi connectivity index (χ4n) is 0.889. The predicted molar refractivity (Wildman–Crippen MR) is 42.8 cm³/mol. The zero-order valence-electron chi connectivity index (χ0n) is 5.93. The first-order valence-corrected chi connectivity index (χ1v) is 4.36. The third kappa shape index (κ3) is 1.06. The van der Waals surface area contributed by atoms with Crippen molar-refractivity contribution >= 4 is 21.9 Å². The van der Waals surface area contributed by atoms with Crippen LogP contribution in [0, 0.1) is 0 Å². The number of carbonyl (C=O) groups is 1. The van der Waals surface area contributed by atoms with Crippen LogP contribution >= 0.6 is 0 Å². The van der Waals surface area contributed by atoms with Crippen molar-refractivity contribution in [1.29, 1.82) is 0 Å². The van der Waals surface area contributed by atoms with Crippen LogP contribution in [-0.4, -0.2) is 19.9 Å². The molecule has 0 bridgehead atoms. The Bertz CT molecular complexity index is 368. The molecule has 6 heteroatoms. The molecule has 1 N–H and O–H groups in total. The van der Waals surface area contributed by atoms with Crippen LogP contribution < -0.4 is 4.72 Å². The summed E-state index contributed by atoms with van der Waals surface area (Å²) in [5, 5.41) is 4.21. The molecule has 1 aromatic heterocycles. The Morgan fingerprint density at radius 1 is 1.58 bits per heavy atom. The van der Waals surface area contributed by atoms with Crippen LogP contribution in [0.15, 0.2) is 24.5 Å². The molecule has 12 heavy (non-hydrogen) atoms. The molecule has 0 radical (unpaired) electrons. The van der Waals surface area contributed by atoms with E-state index in [1.807, 2.05) is 0 Å². The predicted octanol–water partition coefficient (Wildman–Crippen LogP) is -0.525. The van der Waals surface area contributed by atoms with Gasteiger partial charge in [0.1, 0.15) is 0 Å². The van der Waals surface area contributed by atoms with Gasteiger partial charge in [-0.05, 0) is 6.07 Å². The SMILES string of the molecule is O=C1C=C(n2cccn2)S(=O)N1. The zero-order valence-corrected chi connectivity index (χ0v) is 6.75. The van der Waals surface area contributed by atoms with Gasteiger partial charge in [-0.1, -0.05) is 0 Å². The molecule has 0 aliphatic carbocycles. The summed E-state index contributed by atoms with van der Waals surface area (Å²) in [6.45, 7) is 0. The molecule has 1 amide bonds. The number of amides is 1. The first kappa shape index (κ1) is 7.23. The Labute approximate surface area is 70.7 Å². The maximum Gasteiger partial charge on any atom is 0.258 e. The lowest BCUT2D eigenvalue weighted by Crippen LogP contribution is -2.17. The van der Waals surface area contributed by atoms with E-state index in [0.29, 0.717) is 5.03 Å². The Kier molecular flexibility index (Phi) is 1.54. The molecule has 0 saturated carbocycles. The molecular formula is C6H5N3O2S. The summed E-state index contributed by atoms with van der Waals surface area (Å²) in [4.78, 5) is 10.7. The lowest BCUT2D eigenvalue weighted by atomic mass is 10.6. The third-order valence-corrected chi connectivity index (χ3v) is 2.44. The molecule has 0 fully saturated rings. The van der Waals surface area contributed by atoms with Crippen molar-refractivity contribution in [2.75, 3.05) is 0 Å². The van der Waals surface area contributed by atoms with Crippen molar-refractivity contribution in [3.8, 4) is 0 Å². The summed E-state index contributed by atoms with van der Waals surface area (Å²) in [5.41, 5.74) is 0. The van der Waals surface area contributed by atoms with Crippen molar-refractivity contribution in [3.05, 3.63) is 24.5 Å². The molecule has 0 saturated heterocycles.